The van der Waals surface area contributed by atoms with Crippen molar-refractivity contribution < 1.29 is 4.79 Å². The molecular weight excluding hydrogens is 208 g/mol. The lowest BCUT2D eigenvalue weighted by atomic mass is 10.1. The smallest absolute Gasteiger partial charge is 0.221 e. The van der Waals surface area contributed by atoms with E-state index < -0.39 is 0 Å². The molecular formula is C11H16N2OS. The van der Waals surface area contributed by atoms with E-state index >= 15 is 0 Å². The summed E-state index contributed by atoms with van der Waals surface area (Å²) >= 11 is 1.71. The molecule has 1 unspecified atom stereocenters. The SMILES string of the molecule is NCCC(=O)NC(c1cccs1)C1CC1. The van der Waals surface area contributed by atoms with E-state index in [4.69, 9.17) is 5.73 Å². The quantitative estimate of drug-likeness (QED) is 0.799. The Hall–Kier alpha value is -0.870. The summed E-state index contributed by atoms with van der Waals surface area (Å²) in [7, 11) is 0. The lowest BCUT2D eigenvalue weighted by Crippen LogP contribution is -2.30. The molecule has 4 heteroatoms. The van der Waals surface area contributed by atoms with E-state index in [1.54, 1.807) is 11.3 Å². The third-order valence-corrected chi connectivity index (χ3v) is 3.59. The molecule has 3 nitrogen and oxygen atoms in total. The maximum absolute atomic E-state index is 11.5. The minimum Gasteiger partial charge on any atom is -0.348 e. The van der Waals surface area contributed by atoms with Gasteiger partial charge in [-0.2, -0.15) is 0 Å². The molecule has 0 saturated heterocycles. The van der Waals surface area contributed by atoms with Gasteiger partial charge in [-0.15, -0.1) is 11.3 Å². The van der Waals surface area contributed by atoms with Crippen LogP contribution in [0.4, 0.5) is 0 Å². The van der Waals surface area contributed by atoms with E-state index in [2.05, 4.69) is 16.8 Å². The summed E-state index contributed by atoms with van der Waals surface area (Å²) in [5.41, 5.74) is 5.36. The largest absolute Gasteiger partial charge is 0.348 e. The zero-order valence-electron chi connectivity index (χ0n) is 8.61. The van der Waals surface area contributed by atoms with Gasteiger partial charge in [0.05, 0.1) is 6.04 Å². The maximum Gasteiger partial charge on any atom is 0.221 e. The van der Waals surface area contributed by atoms with E-state index in [0.29, 0.717) is 18.9 Å². The van der Waals surface area contributed by atoms with Gasteiger partial charge in [-0.3, -0.25) is 4.79 Å². The molecule has 1 heterocycles. The second-order valence-corrected chi connectivity index (χ2v) is 4.92. The number of amides is 1. The number of carbonyl (C=O) groups excluding carboxylic acids is 1. The van der Waals surface area contributed by atoms with Crippen molar-refractivity contribution in [2.75, 3.05) is 6.54 Å². The van der Waals surface area contributed by atoms with E-state index in [-0.39, 0.29) is 11.9 Å². The summed E-state index contributed by atoms with van der Waals surface area (Å²) in [5, 5.41) is 5.13. The van der Waals surface area contributed by atoms with Gasteiger partial charge < -0.3 is 11.1 Å². The van der Waals surface area contributed by atoms with Gasteiger partial charge >= 0.3 is 0 Å². The van der Waals surface area contributed by atoms with Crippen LogP contribution in [0.5, 0.6) is 0 Å². The van der Waals surface area contributed by atoms with Crippen molar-refractivity contribution in [3.8, 4) is 0 Å². The van der Waals surface area contributed by atoms with Gasteiger partial charge in [-0.05, 0) is 30.2 Å². The Morgan fingerprint density at radius 1 is 1.67 bits per heavy atom. The van der Waals surface area contributed by atoms with Crippen molar-refractivity contribution >= 4 is 17.2 Å². The first kappa shape index (κ1) is 10.6. The van der Waals surface area contributed by atoms with Crippen molar-refractivity contribution in [1.29, 1.82) is 0 Å². The maximum atomic E-state index is 11.5. The highest BCUT2D eigenvalue weighted by molar-refractivity contribution is 7.10. The third-order valence-electron chi connectivity index (χ3n) is 2.63. The first-order valence-electron chi connectivity index (χ1n) is 5.34. The number of hydrogen-bond donors (Lipinski definition) is 2. The lowest BCUT2D eigenvalue weighted by Gasteiger charge is -2.16. The number of thiophene rings is 1. The Morgan fingerprint density at radius 2 is 2.47 bits per heavy atom. The lowest BCUT2D eigenvalue weighted by molar-refractivity contribution is -0.121. The van der Waals surface area contributed by atoms with Crippen LogP contribution in [-0.2, 0) is 4.79 Å². The molecule has 0 bridgehead atoms. The van der Waals surface area contributed by atoms with Gasteiger partial charge in [0.25, 0.3) is 0 Å². The molecule has 15 heavy (non-hydrogen) atoms. The predicted octanol–water partition coefficient (Wildman–Crippen LogP) is 1.66. The highest BCUT2D eigenvalue weighted by Gasteiger charge is 2.33. The van der Waals surface area contributed by atoms with Crippen molar-refractivity contribution in [2.24, 2.45) is 11.7 Å². The summed E-state index contributed by atoms with van der Waals surface area (Å²) in [6.45, 7) is 0.424. The van der Waals surface area contributed by atoms with Crippen LogP contribution >= 0.6 is 11.3 Å². The van der Waals surface area contributed by atoms with Gasteiger partial charge in [0.1, 0.15) is 0 Å². The van der Waals surface area contributed by atoms with E-state index in [0.717, 1.165) is 0 Å². The van der Waals surface area contributed by atoms with Crippen LogP contribution in [0, 0.1) is 5.92 Å². The molecule has 1 aliphatic rings. The summed E-state index contributed by atoms with van der Waals surface area (Å²) < 4.78 is 0. The second kappa shape index (κ2) is 4.77. The number of nitrogens with one attached hydrogen (secondary N) is 1. The average Bonchev–Trinajstić information content (AvgIpc) is 2.90. The Morgan fingerprint density at radius 3 is 3.00 bits per heavy atom. The molecule has 0 radical (unpaired) electrons. The fourth-order valence-electron chi connectivity index (χ4n) is 1.70. The van der Waals surface area contributed by atoms with Crippen LogP contribution in [0.2, 0.25) is 0 Å². The predicted molar refractivity (Wildman–Crippen MR) is 61.6 cm³/mol. The first-order valence-corrected chi connectivity index (χ1v) is 6.22. The summed E-state index contributed by atoms with van der Waals surface area (Å²) in [6, 6.07) is 4.35. The van der Waals surface area contributed by atoms with Crippen molar-refractivity contribution in [2.45, 2.75) is 25.3 Å². The second-order valence-electron chi connectivity index (χ2n) is 3.94. The van der Waals surface area contributed by atoms with Crippen LogP contribution in [0.25, 0.3) is 0 Å². The van der Waals surface area contributed by atoms with Gasteiger partial charge in [-0.25, -0.2) is 0 Å². The standard InChI is InChI=1S/C11H16N2OS/c12-6-5-10(14)13-11(8-3-4-8)9-2-1-7-15-9/h1-2,7-8,11H,3-6,12H2,(H,13,14). The molecule has 0 spiro atoms. The fourth-order valence-corrected chi connectivity index (χ4v) is 2.57. The van der Waals surface area contributed by atoms with Crippen LogP contribution in [0.15, 0.2) is 17.5 Å². The highest BCUT2D eigenvalue weighted by Crippen LogP contribution is 2.42. The monoisotopic (exact) mass is 224 g/mol. The Bertz CT molecular complexity index is 319. The van der Waals surface area contributed by atoms with E-state index in [9.17, 15) is 4.79 Å². The van der Waals surface area contributed by atoms with Gasteiger partial charge in [0, 0.05) is 17.8 Å². The fraction of sp³-hybridized carbons (Fsp3) is 0.545. The van der Waals surface area contributed by atoms with E-state index in [1.807, 2.05) is 6.07 Å². The van der Waals surface area contributed by atoms with Crippen LogP contribution in [0.1, 0.15) is 30.2 Å². The number of nitrogens with two attached hydrogens (primary N) is 1. The van der Waals surface area contributed by atoms with E-state index in [1.165, 1.54) is 17.7 Å². The minimum absolute atomic E-state index is 0.0720. The van der Waals surface area contributed by atoms with Crippen LogP contribution < -0.4 is 11.1 Å². The van der Waals surface area contributed by atoms with Crippen molar-refractivity contribution in [3.63, 3.8) is 0 Å². The molecule has 1 atom stereocenters. The molecule has 2 rings (SSSR count). The molecule has 1 aliphatic carbocycles. The first-order chi connectivity index (χ1) is 7.31. The number of carbonyl (C=O) groups is 1. The normalized spacial score (nSPS) is 17.4. The van der Waals surface area contributed by atoms with Crippen LogP contribution in [-0.4, -0.2) is 12.5 Å². The molecule has 1 saturated carbocycles. The summed E-state index contributed by atoms with van der Waals surface area (Å²) in [4.78, 5) is 12.8. The zero-order chi connectivity index (χ0) is 10.7. The topological polar surface area (TPSA) is 55.1 Å². The number of rotatable bonds is 5. The summed E-state index contributed by atoms with van der Waals surface area (Å²) in [6.07, 6.45) is 2.88. The van der Waals surface area contributed by atoms with Crippen molar-refractivity contribution in [1.82, 2.24) is 5.32 Å². The van der Waals surface area contributed by atoms with Crippen molar-refractivity contribution in [3.05, 3.63) is 22.4 Å². The molecule has 1 aromatic rings. The Balaban J connectivity index is 1.98. The number of hydrogen-bond acceptors (Lipinski definition) is 3. The molecule has 3 N–H and O–H groups in total. The zero-order valence-corrected chi connectivity index (χ0v) is 9.43. The average molecular weight is 224 g/mol. The Labute approximate surface area is 93.7 Å². The molecule has 0 aromatic carbocycles. The van der Waals surface area contributed by atoms with Gasteiger partial charge in [0.15, 0.2) is 0 Å². The Kier molecular flexibility index (Phi) is 3.38. The van der Waals surface area contributed by atoms with Gasteiger partial charge in [-0.1, -0.05) is 6.07 Å². The molecule has 82 valence electrons. The molecule has 1 amide bonds. The van der Waals surface area contributed by atoms with Crippen LogP contribution in [0.3, 0.4) is 0 Å². The summed E-state index contributed by atoms with van der Waals surface area (Å²) in [5.74, 6) is 0.716. The minimum atomic E-state index is 0.0720. The molecule has 1 fully saturated rings. The molecule has 1 aromatic heterocycles. The van der Waals surface area contributed by atoms with Gasteiger partial charge in [0.2, 0.25) is 5.91 Å². The highest BCUT2D eigenvalue weighted by atomic mass is 32.1. The third kappa shape index (κ3) is 2.79. The molecule has 0 aliphatic heterocycles.